The molecule has 1 aromatic carbocycles. The standard InChI is InChI=1S/C18H21FN4O.HI/c1-12-9-17(12)23-18(20-2)22-11-14-10-16(7-8-21-14)24-15-5-3-13(19)4-6-15;/h3-8,10,12,17H,9,11H2,1-2H3,(H2,20,22,23);1H. The van der Waals surface area contributed by atoms with Crippen LogP contribution >= 0.6 is 24.0 Å². The second kappa shape index (κ2) is 8.98. The first-order chi connectivity index (χ1) is 11.6. The first kappa shape index (κ1) is 19.4. The van der Waals surface area contributed by atoms with Crippen molar-refractivity contribution in [2.24, 2.45) is 10.9 Å². The first-order valence-corrected chi connectivity index (χ1v) is 7.99. The van der Waals surface area contributed by atoms with Gasteiger partial charge in [0.25, 0.3) is 0 Å². The Balaban J connectivity index is 0.00000225. The van der Waals surface area contributed by atoms with E-state index in [0.717, 1.165) is 11.7 Å². The Bertz CT molecular complexity index is 723. The third kappa shape index (κ3) is 5.84. The fourth-order valence-electron chi connectivity index (χ4n) is 2.32. The fourth-order valence-corrected chi connectivity index (χ4v) is 2.32. The second-order valence-electron chi connectivity index (χ2n) is 5.93. The van der Waals surface area contributed by atoms with Gasteiger partial charge in [0.05, 0.1) is 12.2 Å². The van der Waals surface area contributed by atoms with Crippen molar-refractivity contribution in [2.45, 2.75) is 25.9 Å². The van der Waals surface area contributed by atoms with Gasteiger partial charge in [-0.2, -0.15) is 0 Å². The van der Waals surface area contributed by atoms with E-state index in [1.54, 1.807) is 31.4 Å². The maximum atomic E-state index is 12.9. The average molecular weight is 456 g/mol. The zero-order valence-electron chi connectivity index (χ0n) is 14.2. The van der Waals surface area contributed by atoms with Gasteiger partial charge in [-0.1, -0.05) is 6.92 Å². The summed E-state index contributed by atoms with van der Waals surface area (Å²) in [5, 5.41) is 6.61. The van der Waals surface area contributed by atoms with E-state index in [2.05, 4.69) is 27.5 Å². The van der Waals surface area contributed by atoms with Crippen LogP contribution in [-0.4, -0.2) is 24.0 Å². The summed E-state index contributed by atoms with van der Waals surface area (Å²) in [7, 11) is 1.75. The monoisotopic (exact) mass is 456 g/mol. The Labute approximate surface area is 164 Å². The molecular formula is C18H22FIN4O. The SMILES string of the molecule is CN=C(NCc1cc(Oc2ccc(F)cc2)ccn1)NC1CC1C.I. The highest BCUT2D eigenvalue weighted by atomic mass is 127. The van der Waals surface area contributed by atoms with Crippen LogP contribution in [0.5, 0.6) is 11.5 Å². The van der Waals surface area contributed by atoms with Crippen LogP contribution in [0, 0.1) is 11.7 Å². The molecule has 2 unspecified atom stereocenters. The number of nitrogens with zero attached hydrogens (tertiary/aromatic N) is 2. The number of aliphatic imine (C=N–C) groups is 1. The molecule has 1 aliphatic rings. The average Bonchev–Trinajstić information content (AvgIpc) is 3.29. The fraction of sp³-hybridized carbons (Fsp3) is 0.333. The van der Waals surface area contributed by atoms with E-state index in [9.17, 15) is 4.39 Å². The first-order valence-electron chi connectivity index (χ1n) is 7.99. The highest BCUT2D eigenvalue weighted by Crippen LogP contribution is 2.28. The summed E-state index contributed by atoms with van der Waals surface area (Å²) in [6.45, 7) is 2.75. The van der Waals surface area contributed by atoms with Gasteiger partial charge in [0.15, 0.2) is 5.96 Å². The lowest BCUT2D eigenvalue weighted by Crippen LogP contribution is -2.38. The molecule has 0 amide bonds. The predicted molar refractivity (Wildman–Crippen MR) is 107 cm³/mol. The predicted octanol–water partition coefficient (Wildman–Crippen LogP) is 3.70. The Morgan fingerprint density at radius 3 is 2.64 bits per heavy atom. The molecular weight excluding hydrogens is 434 g/mol. The van der Waals surface area contributed by atoms with Gasteiger partial charge < -0.3 is 15.4 Å². The van der Waals surface area contributed by atoms with E-state index < -0.39 is 0 Å². The van der Waals surface area contributed by atoms with Crippen molar-refractivity contribution in [3.8, 4) is 11.5 Å². The lowest BCUT2D eigenvalue weighted by molar-refractivity contribution is 0.478. The molecule has 25 heavy (non-hydrogen) atoms. The van der Waals surface area contributed by atoms with Crippen molar-refractivity contribution in [1.29, 1.82) is 0 Å². The number of nitrogens with one attached hydrogen (secondary N) is 2. The molecule has 2 atom stereocenters. The minimum atomic E-state index is -0.286. The molecule has 2 aromatic rings. The van der Waals surface area contributed by atoms with E-state index in [0.29, 0.717) is 30.0 Å². The highest BCUT2D eigenvalue weighted by Gasteiger charge is 2.33. The minimum Gasteiger partial charge on any atom is -0.457 e. The Morgan fingerprint density at radius 2 is 2.00 bits per heavy atom. The summed E-state index contributed by atoms with van der Waals surface area (Å²) in [6, 6.07) is 10.1. The zero-order chi connectivity index (χ0) is 16.9. The Kier molecular flexibility index (Phi) is 6.98. The number of halogens is 2. The van der Waals surface area contributed by atoms with Gasteiger partial charge in [-0.15, -0.1) is 24.0 Å². The number of benzene rings is 1. The molecule has 0 aliphatic heterocycles. The molecule has 7 heteroatoms. The Morgan fingerprint density at radius 1 is 1.28 bits per heavy atom. The smallest absolute Gasteiger partial charge is 0.191 e. The maximum absolute atomic E-state index is 12.9. The van der Waals surface area contributed by atoms with Gasteiger partial charge in [-0.05, 0) is 42.7 Å². The number of ether oxygens (including phenoxy) is 1. The summed E-state index contributed by atoms with van der Waals surface area (Å²) in [4.78, 5) is 8.54. The molecule has 134 valence electrons. The lowest BCUT2D eigenvalue weighted by atomic mass is 10.3. The number of hydrogen-bond acceptors (Lipinski definition) is 3. The topological polar surface area (TPSA) is 58.5 Å². The van der Waals surface area contributed by atoms with E-state index in [1.165, 1.54) is 18.6 Å². The van der Waals surface area contributed by atoms with Crippen LogP contribution in [0.25, 0.3) is 0 Å². The van der Waals surface area contributed by atoms with Crippen LogP contribution in [0.1, 0.15) is 19.0 Å². The van der Waals surface area contributed by atoms with Crippen LogP contribution in [0.2, 0.25) is 0 Å². The molecule has 0 saturated heterocycles. The van der Waals surface area contributed by atoms with E-state index in [1.807, 2.05) is 6.07 Å². The summed E-state index contributed by atoms with van der Waals surface area (Å²) in [5.74, 6) is 2.44. The zero-order valence-corrected chi connectivity index (χ0v) is 16.5. The number of aromatic nitrogens is 1. The number of rotatable bonds is 5. The number of hydrogen-bond donors (Lipinski definition) is 2. The molecule has 0 bridgehead atoms. The van der Waals surface area contributed by atoms with Gasteiger partial charge in [-0.25, -0.2) is 4.39 Å². The van der Waals surface area contributed by atoms with Crippen molar-refractivity contribution < 1.29 is 9.13 Å². The second-order valence-corrected chi connectivity index (χ2v) is 5.93. The molecule has 5 nitrogen and oxygen atoms in total. The number of pyridine rings is 1. The van der Waals surface area contributed by atoms with Crippen molar-refractivity contribution in [3.05, 3.63) is 54.1 Å². The molecule has 1 aliphatic carbocycles. The van der Waals surface area contributed by atoms with Crippen molar-refractivity contribution in [3.63, 3.8) is 0 Å². The van der Waals surface area contributed by atoms with Crippen LogP contribution < -0.4 is 15.4 Å². The minimum absolute atomic E-state index is 0. The van der Waals surface area contributed by atoms with Gasteiger partial charge in [0, 0.05) is 25.4 Å². The largest absolute Gasteiger partial charge is 0.457 e. The van der Waals surface area contributed by atoms with Crippen molar-refractivity contribution in [2.75, 3.05) is 7.05 Å². The lowest BCUT2D eigenvalue weighted by Gasteiger charge is -2.12. The molecule has 0 radical (unpaired) electrons. The van der Waals surface area contributed by atoms with Crippen molar-refractivity contribution in [1.82, 2.24) is 15.6 Å². The molecule has 1 aromatic heterocycles. The van der Waals surface area contributed by atoms with Gasteiger partial charge in [-0.3, -0.25) is 9.98 Å². The molecule has 0 spiro atoms. The highest BCUT2D eigenvalue weighted by molar-refractivity contribution is 14.0. The summed E-state index contributed by atoms with van der Waals surface area (Å²) < 4.78 is 18.6. The summed E-state index contributed by atoms with van der Waals surface area (Å²) in [5.41, 5.74) is 0.835. The molecule has 1 fully saturated rings. The van der Waals surface area contributed by atoms with Crippen LogP contribution in [-0.2, 0) is 6.54 Å². The number of guanidine groups is 1. The third-order valence-corrected chi connectivity index (χ3v) is 3.93. The molecule has 1 saturated carbocycles. The van der Waals surface area contributed by atoms with Gasteiger partial charge >= 0.3 is 0 Å². The normalized spacial score (nSPS) is 18.9. The van der Waals surface area contributed by atoms with Crippen molar-refractivity contribution >= 4 is 29.9 Å². The quantitative estimate of drug-likeness (QED) is 0.410. The van der Waals surface area contributed by atoms with Gasteiger partial charge in [0.1, 0.15) is 17.3 Å². The van der Waals surface area contributed by atoms with E-state index >= 15 is 0 Å². The maximum Gasteiger partial charge on any atom is 0.191 e. The summed E-state index contributed by atoms with van der Waals surface area (Å²) in [6.07, 6.45) is 2.87. The summed E-state index contributed by atoms with van der Waals surface area (Å²) >= 11 is 0. The van der Waals surface area contributed by atoms with E-state index in [4.69, 9.17) is 4.74 Å². The third-order valence-electron chi connectivity index (χ3n) is 3.93. The molecule has 2 N–H and O–H groups in total. The van der Waals surface area contributed by atoms with Crippen LogP contribution in [0.3, 0.4) is 0 Å². The molecule has 3 rings (SSSR count). The van der Waals surface area contributed by atoms with E-state index in [-0.39, 0.29) is 29.8 Å². The van der Waals surface area contributed by atoms with Crippen LogP contribution in [0.15, 0.2) is 47.6 Å². The van der Waals surface area contributed by atoms with Crippen LogP contribution in [0.4, 0.5) is 4.39 Å². The van der Waals surface area contributed by atoms with Gasteiger partial charge in [0.2, 0.25) is 0 Å². The Hall–Kier alpha value is -1.90. The molecule has 1 heterocycles.